The molecular formula is C13H16FN3O4. The largest absolute Gasteiger partial charge is 0.391 e. The monoisotopic (exact) mass is 297 g/mol. The normalized spacial score (nSPS) is 33.3. The fourth-order valence-electron chi connectivity index (χ4n) is 2.28. The Labute approximate surface area is 120 Å². The van der Waals surface area contributed by atoms with E-state index in [0.717, 1.165) is 4.57 Å². The Bertz CT molecular complexity index is 651. The maximum absolute atomic E-state index is 15.1. The third-order valence-electron chi connectivity index (χ3n) is 3.28. The van der Waals surface area contributed by atoms with Crippen LogP contribution in [0.4, 0.5) is 10.2 Å². The Kier molecular flexibility index (Phi) is 4.00. The van der Waals surface area contributed by atoms with Crippen molar-refractivity contribution >= 4 is 5.82 Å². The number of hydrogen-bond acceptors (Lipinski definition) is 6. The highest BCUT2D eigenvalue weighted by molar-refractivity contribution is 5.26. The predicted octanol–water partition coefficient (Wildman–Crippen LogP) is -0.804. The molecule has 0 bridgehead atoms. The molecule has 0 amide bonds. The van der Waals surface area contributed by atoms with Crippen molar-refractivity contribution in [2.75, 3.05) is 5.73 Å². The van der Waals surface area contributed by atoms with Crippen LogP contribution in [0.5, 0.6) is 0 Å². The summed E-state index contributed by atoms with van der Waals surface area (Å²) >= 11 is 0. The maximum Gasteiger partial charge on any atom is 0.351 e. The van der Waals surface area contributed by atoms with Gasteiger partial charge in [-0.15, -0.1) is 5.92 Å². The summed E-state index contributed by atoms with van der Waals surface area (Å²) in [5, 5.41) is 19.6. The molecule has 0 saturated carbocycles. The molecule has 4 N–H and O–H groups in total. The standard InChI is InChI=1S/C13H16FN3O4/c1-3-5-13(14)10(19)9(7(2)18)21-11(13)17-6-4-8(15)16-12(17)20/h4,6-7,9-11,18-19H,1-2H3,(H2,15,16,20)/t7-,9+,10-,11+,13?/m0/s1. The number of ether oxygens (including phenoxy) is 1. The van der Waals surface area contributed by atoms with Gasteiger partial charge in [0.25, 0.3) is 0 Å². The molecule has 1 aromatic rings. The van der Waals surface area contributed by atoms with Gasteiger partial charge in [0.15, 0.2) is 6.23 Å². The van der Waals surface area contributed by atoms with Crippen molar-refractivity contribution in [3.05, 3.63) is 22.7 Å². The van der Waals surface area contributed by atoms with Crippen LogP contribution in [0.1, 0.15) is 20.1 Å². The summed E-state index contributed by atoms with van der Waals surface area (Å²) in [6, 6.07) is 1.30. The average molecular weight is 297 g/mol. The van der Waals surface area contributed by atoms with Crippen LogP contribution in [0.15, 0.2) is 17.1 Å². The highest BCUT2D eigenvalue weighted by Gasteiger charge is 2.59. The van der Waals surface area contributed by atoms with Crippen LogP contribution in [0.3, 0.4) is 0 Å². The number of alkyl halides is 1. The fourth-order valence-corrected chi connectivity index (χ4v) is 2.28. The van der Waals surface area contributed by atoms with Gasteiger partial charge in [0.1, 0.15) is 18.0 Å². The molecule has 0 aromatic carbocycles. The van der Waals surface area contributed by atoms with Gasteiger partial charge < -0.3 is 20.7 Å². The quantitative estimate of drug-likeness (QED) is 0.616. The van der Waals surface area contributed by atoms with Crippen LogP contribution >= 0.6 is 0 Å². The summed E-state index contributed by atoms with van der Waals surface area (Å²) in [5.41, 5.74) is 2.00. The minimum Gasteiger partial charge on any atom is -0.391 e. The van der Waals surface area contributed by atoms with Gasteiger partial charge in [0.05, 0.1) is 6.10 Å². The van der Waals surface area contributed by atoms with Crippen LogP contribution in [0.2, 0.25) is 0 Å². The molecule has 0 aliphatic carbocycles. The maximum atomic E-state index is 15.1. The minimum absolute atomic E-state index is 0.0205. The molecule has 0 spiro atoms. The molecule has 1 aliphatic rings. The molecule has 2 rings (SSSR count). The first-order chi connectivity index (χ1) is 9.81. The van der Waals surface area contributed by atoms with E-state index in [-0.39, 0.29) is 5.82 Å². The lowest BCUT2D eigenvalue weighted by atomic mass is 9.94. The lowest BCUT2D eigenvalue weighted by Gasteiger charge is -2.24. The number of aromatic nitrogens is 2. The van der Waals surface area contributed by atoms with Gasteiger partial charge in [-0.25, -0.2) is 9.18 Å². The second-order valence-electron chi connectivity index (χ2n) is 4.82. The predicted molar refractivity (Wildman–Crippen MR) is 71.8 cm³/mol. The first kappa shape index (κ1) is 15.4. The van der Waals surface area contributed by atoms with E-state index in [1.165, 1.54) is 26.1 Å². The number of aliphatic hydroxyl groups is 2. The second-order valence-corrected chi connectivity index (χ2v) is 4.82. The van der Waals surface area contributed by atoms with Crippen LogP contribution < -0.4 is 11.4 Å². The number of nitrogens with two attached hydrogens (primary N) is 1. The molecule has 5 atom stereocenters. The second kappa shape index (κ2) is 5.44. The van der Waals surface area contributed by atoms with Gasteiger partial charge in [0.2, 0.25) is 5.67 Å². The number of hydrogen-bond donors (Lipinski definition) is 3. The lowest BCUT2D eigenvalue weighted by Crippen LogP contribution is -2.45. The molecule has 8 heteroatoms. The van der Waals surface area contributed by atoms with Gasteiger partial charge in [0, 0.05) is 6.20 Å². The van der Waals surface area contributed by atoms with E-state index >= 15 is 4.39 Å². The number of halogens is 1. The smallest absolute Gasteiger partial charge is 0.351 e. The van der Waals surface area contributed by atoms with E-state index < -0.39 is 35.9 Å². The number of rotatable bonds is 2. The fraction of sp³-hybridized carbons (Fsp3) is 0.538. The Morgan fingerprint density at radius 1 is 1.67 bits per heavy atom. The zero-order valence-corrected chi connectivity index (χ0v) is 11.5. The SMILES string of the molecule is CC#CC1(F)[C@@H](O)[C@@H]([C@H](C)O)O[C@H]1n1ccc(N)nc1=O. The van der Waals surface area contributed by atoms with E-state index in [1.807, 2.05) is 0 Å². The lowest BCUT2D eigenvalue weighted by molar-refractivity contribution is -0.0802. The highest BCUT2D eigenvalue weighted by Crippen LogP contribution is 2.41. The molecule has 1 aromatic heterocycles. The summed E-state index contributed by atoms with van der Waals surface area (Å²) in [6.07, 6.45) is -4.39. The van der Waals surface area contributed by atoms with E-state index in [9.17, 15) is 15.0 Å². The summed E-state index contributed by atoms with van der Waals surface area (Å²) in [5.74, 6) is 4.57. The van der Waals surface area contributed by atoms with Crippen LogP contribution in [0.25, 0.3) is 0 Å². The van der Waals surface area contributed by atoms with E-state index in [0.29, 0.717) is 0 Å². The average Bonchev–Trinajstić information content (AvgIpc) is 2.64. The Balaban J connectivity index is 2.54. The van der Waals surface area contributed by atoms with Gasteiger partial charge in [-0.05, 0) is 19.9 Å². The van der Waals surface area contributed by atoms with Gasteiger partial charge in [-0.2, -0.15) is 4.98 Å². The van der Waals surface area contributed by atoms with E-state index in [1.54, 1.807) is 0 Å². The molecule has 1 saturated heterocycles. The van der Waals surface area contributed by atoms with Crippen molar-refractivity contribution in [1.82, 2.24) is 9.55 Å². The zero-order valence-electron chi connectivity index (χ0n) is 11.5. The number of nitrogen functional groups attached to an aromatic ring is 1. The van der Waals surface area contributed by atoms with Crippen LogP contribution in [-0.2, 0) is 4.74 Å². The van der Waals surface area contributed by atoms with E-state index in [4.69, 9.17) is 10.5 Å². The van der Waals surface area contributed by atoms with Crippen molar-refractivity contribution in [3.8, 4) is 11.8 Å². The molecule has 21 heavy (non-hydrogen) atoms. The van der Waals surface area contributed by atoms with Crippen molar-refractivity contribution < 1.29 is 19.3 Å². The molecule has 2 heterocycles. The first-order valence-electron chi connectivity index (χ1n) is 6.30. The Morgan fingerprint density at radius 3 is 2.86 bits per heavy atom. The van der Waals surface area contributed by atoms with Gasteiger partial charge >= 0.3 is 5.69 Å². The van der Waals surface area contributed by atoms with Crippen molar-refractivity contribution in [2.24, 2.45) is 0 Å². The number of anilines is 1. The van der Waals surface area contributed by atoms with E-state index in [2.05, 4.69) is 16.8 Å². The minimum atomic E-state index is -2.54. The van der Waals surface area contributed by atoms with Crippen molar-refractivity contribution in [2.45, 2.75) is 44.1 Å². The molecule has 114 valence electrons. The molecule has 0 radical (unpaired) electrons. The Hall–Kier alpha value is -1.95. The Morgan fingerprint density at radius 2 is 2.33 bits per heavy atom. The molecule has 1 fully saturated rings. The van der Waals surface area contributed by atoms with Crippen LogP contribution in [-0.4, -0.2) is 43.7 Å². The van der Waals surface area contributed by atoms with Gasteiger partial charge in [-0.3, -0.25) is 4.57 Å². The van der Waals surface area contributed by atoms with Crippen molar-refractivity contribution in [3.63, 3.8) is 0 Å². The number of aliphatic hydroxyl groups excluding tert-OH is 2. The zero-order chi connectivity index (χ0) is 15.8. The first-order valence-corrected chi connectivity index (χ1v) is 6.30. The molecular weight excluding hydrogens is 281 g/mol. The number of nitrogens with zero attached hydrogens (tertiary/aromatic N) is 2. The topological polar surface area (TPSA) is 111 Å². The van der Waals surface area contributed by atoms with Gasteiger partial charge in [-0.1, -0.05) is 5.92 Å². The summed E-state index contributed by atoms with van der Waals surface area (Å²) in [6.45, 7) is 2.74. The summed E-state index contributed by atoms with van der Waals surface area (Å²) < 4.78 is 21.2. The summed E-state index contributed by atoms with van der Waals surface area (Å²) in [4.78, 5) is 15.3. The molecule has 1 unspecified atom stereocenters. The highest BCUT2D eigenvalue weighted by atomic mass is 19.1. The van der Waals surface area contributed by atoms with Crippen molar-refractivity contribution in [1.29, 1.82) is 0 Å². The third-order valence-corrected chi connectivity index (χ3v) is 3.28. The molecule has 7 nitrogen and oxygen atoms in total. The third kappa shape index (κ3) is 2.51. The summed E-state index contributed by atoms with van der Waals surface area (Å²) in [7, 11) is 0. The molecule has 1 aliphatic heterocycles. The van der Waals surface area contributed by atoms with Crippen LogP contribution in [0, 0.1) is 11.8 Å².